The van der Waals surface area contributed by atoms with Gasteiger partial charge >= 0.3 is 0 Å². The van der Waals surface area contributed by atoms with Crippen molar-refractivity contribution in [2.24, 2.45) is 0 Å². The van der Waals surface area contributed by atoms with Crippen LogP contribution in [-0.2, 0) is 16.6 Å². The van der Waals surface area contributed by atoms with Gasteiger partial charge in [-0.3, -0.25) is 4.72 Å². The van der Waals surface area contributed by atoms with E-state index in [1.54, 1.807) is 13.1 Å². The smallest absolute Gasteiger partial charge is 0.295 e. The monoisotopic (exact) mass is 318 g/mol. The first-order valence-corrected chi connectivity index (χ1v) is 7.49. The zero-order valence-corrected chi connectivity index (χ0v) is 12.1. The minimum Gasteiger partial charge on any atom is -0.446 e. The lowest BCUT2D eigenvalue weighted by atomic mass is 10.3. The average molecular weight is 319 g/mol. The fourth-order valence-corrected chi connectivity index (χ4v) is 2.84. The van der Waals surface area contributed by atoms with Crippen LogP contribution in [0.4, 0.5) is 10.1 Å². The molecule has 108 valence electrons. The summed E-state index contributed by atoms with van der Waals surface area (Å²) in [4.78, 5) is 0. The van der Waals surface area contributed by atoms with E-state index in [1.165, 1.54) is 12.1 Å². The topological polar surface area (TPSA) is 71.3 Å². The number of sulfonamides is 1. The number of hydrogen-bond donors (Lipinski definition) is 2. The predicted molar refractivity (Wildman–Crippen MR) is 73.7 cm³/mol. The molecule has 0 aliphatic carbocycles. The Bertz CT molecular complexity index is 715. The standard InChI is InChI=1S/C12H12ClFN2O3S/c1-15-7-9-3-5-12(19-9)20(17,18)16-11-4-2-8(14)6-10(11)13/h2-6,15-16H,7H2,1H3. The Morgan fingerprint density at radius 2 is 2.05 bits per heavy atom. The largest absolute Gasteiger partial charge is 0.446 e. The Morgan fingerprint density at radius 1 is 1.30 bits per heavy atom. The summed E-state index contributed by atoms with van der Waals surface area (Å²) in [6.07, 6.45) is 0. The second-order valence-corrected chi connectivity index (χ2v) is 6.00. The maximum Gasteiger partial charge on any atom is 0.295 e. The van der Waals surface area contributed by atoms with Gasteiger partial charge in [-0.25, -0.2) is 4.39 Å². The highest BCUT2D eigenvalue weighted by atomic mass is 35.5. The van der Waals surface area contributed by atoms with Gasteiger partial charge in [0.15, 0.2) is 0 Å². The number of anilines is 1. The van der Waals surface area contributed by atoms with Crippen LogP contribution in [0.15, 0.2) is 39.8 Å². The van der Waals surface area contributed by atoms with Gasteiger partial charge in [0.05, 0.1) is 17.3 Å². The third kappa shape index (κ3) is 3.30. The average Bonchev–Trinajstić information content (AvgIpc) is 2.83. The summed E-state index contributed by atoms with van der Waals surface area (Å²) in [5, 5.41) is 2.58. The van der Waals surface area contributed by atoms with Crippen LogP contribution in [0.3, 0.4) is 0 Å². The molecule has 0 saturated heterocycles. The predicted octanol–water partition coefficient (Wildman–Crippen LogP) is 2.59. The first kappa shape index (κ1) is 14.8. The van der Waals surface area contributed by atoms with Crippen molar-refractivity contribution in [1.82, 2.24) is 5.32 Å². The van der Waals surface area contributed by atoms with Gasteiger partial charge in [0, 0.05) is 0 Å². The number of rotatable bonds is 5. The molecule has 0 amide bonds. The van der Waals surface area contributed by atoms with Gasteiger partial charge in [-0.2, -0.15) is 8.42 Å². The quantitative estimate of drug-likeness (QED) is 0.889. The molecule has 0 unspecified atom stereocenters. The van der Waals surface area contributed by atoms with E-state index in [4.69, 9.17) is 16.0 Å². The highest BCUT2D eigenvalue weighted by Crippen LogP contribution is 2.25. The number of nitrogens with one attached hydrogen (secondary N) is 2. The van der Waals surface area contributed by atoms with Crippen LogP contribution in [0.2, 0.25) is 5.02 Å². The zero-order valence-electron chi connectivity index (χ0n) is 10.5. The van der Waals surface area contributed by atoms with Crippen LogP contribution in [0.5, 0.6) is 0 Å². The molecule has 2 N–H and O–H groups in total. The lowest BCUT2D eigenvalue weighted by molar-refractivity contribution is 0.408. The molecule has 0 fully saturated rings. The highest BCUT2D eigenvalue weighted by Gasteiger charge is 2.20. The number of hydrogen-bond acceptors (Lipinski definition) is 4. The third-order valence-corrected chi connectivity index (χ3v) is 3.98. The molecule has 0 aliphatic rings. The normalized spacial score (nSPS) is 11.6. The van der Waals surface area contributed by atoms with Gasteiger partial charge in [0.25, 0.3) is 10.0 Å². The molecule has 1 aromatic carbocycles. The van der Waals surface area contributed by atoms with E-state index in [1.807, 2.05) is 0 Å². The van der Waals surface area contributed by atoms with Gasteiger partial charge in [-0.1, -0.05) is 11.6 Å². The van der Waals surface area contributed by atoms with Crippen LogP contribution in [0.25, 0.3) is 0 Å². The van der Waals surface area contributed by atoms with Crippen molar-refractivity contribution in [3.8, 4) is 0 Å². The van der Waals surface area contributed by atoms with Crippen molar-refractivity contribution in [2.75, 3.05) is 11.8 Å². The first-order valence-electron chi connectivity index (χ1n) is 5.63. The van der Waals surface area contributed by atoms with Gasteiger partial charge in [0.2, 0.25) is 5.09 Å². The Morgan fingerprint density at radius 3 is 2.70 bits per heavy atom. The molecule has 0 spiro atoms. The second-order valence-electron chi connectivity index (χ2n) is 3.98. The van der Waals surface area contributed by atoms with Crippen molar-refractivity contribution in [3.05, 3.63) is 46.9 Å². The SMILES string of the molecule is CNCc1ccc(S(=O)(=O)Nc2ccc(F)cc2Cl)o1. The Hall–Kier alpha value is -1.57. The van der Waals surface area contributed by atoms with Crippen LogP contribution >= 0.6 is 11.6 Å². The molecule has 0 bridgehead atoms. The summed E-state index contributed by atoms with van der Waals surface area (Å²) in [6, 6.07) is 6.27. The lowest BCUT2D eigenvalue weighted by Crippen LogP contribution is -2.12. The fourth-order valence-electron chi connectivity index (χ4n) is 1.54. The van der Waals surface area contributed by atoms with Crippen molar-refractivity contribution >= 4 is 27.3 Å². The molecular formula is C12H12ClFN2O3S. The molecule has 2 aromatic rings. The number of furan rings is 1. The van der Waals surface area contributed by atoms with Crippen LogP contribution in [-0.4, -0.2) is 15.5 Å². The van der Waals surface area contributed by atoms with Crippen molar-refractivity contribution in [2.45, 2.75) is 11.6 Å². The summed E-state index contributed by atoms with van der Waals surface area (Å²) >= 11 is 5.77. The van der Waals surface area contributed by atoms with Crippen molar-refractivity contribution in [3.63, 3.8) is 0 Å². The van der Waals surface area contributed by atoms with E-state index in [2.05, 4.69) is 10.0 Å². The summed E-state index contributed by atoms with van der Waals surface area (Å²) < 4.78 is 44.5. The Kier molecular flexibility index (Phi) is 4.32. The fraction of sp³-hybridized carbons (Fsp3) is 0.167. The molecule has 0 atom stereocenters. The molecule has 20 heavy (non-hydrogen) atoms. The van der Waals surface area contributed by atoms with Crippen molar-refractivity contribution in [1.29, 1.82) is 0 Å². The summed E-state index contributed by atoms with van der Waals surface area (Å²) in [7, 11) is -2.18. The van der Waals surface area contributed by atoms with Gasteiger partial charge in [-0.15, -0.1) is 0 Å². The molecule has 1 aromatic heterocycles. The zero-order chi connectivity index (χ0) is 14.8. The lowest BCUT2D eigenvalue weighted by Gasteiger charge is -2.07. The summed E-state index contributed by atoms with van der Waals surface area (Å²) in [5.74, 6) is -0.0645. The van der Waals surface area contributed by atoms with Crippen LogP contribution < -0.4 is 10.0 Å². The first-order chi connectivity index (χ1) is 9.42. The number of benzene rings is 1. The summed E-state index contributed by atoms with van der Waals surface area (Å²) in [5.41, 5.74) is 0.0830. The second kappa shape index (κ2) is 5.82. The third-order valence-electron chi connectivity index (χ3n) is 2.43. The minimum atomic E-state index is -3.90. The summed E-state index contributed by atoms with van der Waals surface area (Å²) in [6.45, 7) is 0.410. The van der Waals surface area contributed by atoms with E-state index >= 15 is 0 Å². The van der Waals surface area contributed by atoms with Gasteiger partial charge < -0.3 is 9.73 Å². The van der Waals surface area contributed by atoms with E-state index < -0.39 is 15.8 Å². The van der Waals surface area contributed by atoms with E-state index in [0.29, 0.717) is 12.3 Å². The molecule has 8 heteroatoms. The Balaban J connectivity index is 2.26. The van der Waals surface area contributed by atoms with Crippen LogP contribution in [0, 0.1) is 5.82 Å². The Labute approximate surface area is 120 Å². The molecule has 1 heterocycles. The van der Waals surface area contributed by atoms with E-state index in [-0.39, 0.29) is 15.8 Å². The molecule has 5 nitrogen and oxygen atoms in total. The van der Waals surface area contributed by atoms with E-state index in [0.717, 1.165) is 12.1 Å². The van der Waals surface area contributed by atoms with Crippen molar-refractivity contribution < 1.29 is 17.2 Å². The maximum atomic E-state index is 12.9. The maximum absolute atomic E-state index is 12.9. The molecule has 0 aliphatic heterocycles. The molecule has 2 rings (SSSR count). The molecule has 0 saturated carbocycles. The number of halogens is 2. The van der Waals surface area contributed by atoms with Gasteiger partial charge in [-0.05, 0) is 37.4 Å². The van der Waals surface area contributed by atoms with Crippen LogP contribution in [0.1, 0.15) is 5.76 Å². The molecular weight excluding hydrogens is 307 g/mol. The molecule has 0 radical (unpaired) electrons. The minimum absolute atomic E-state index is 0.0319. The highest BCUT2D eigenvalue weighted by molar-refractivity contribution is 7.92. The van der Waals surface area contributed by atoms with E-state index in [9.17, 15) is 12.8 Å². The van der Waals surface area contributed by atoms with Gasteiger partial charge in [0.1, 0.15) is 11.6 Å².